The van der Waals surface area contributed by atoms with Crippen molar-refractivity contribution in [1.82, 2.24) is 20.7 Å². The molecular formula is C19H26IN5O2. The fourth-order valence-electron chi connectivity index (χ4n) is 3.03. The minimum absolute atomic E-state index is 0. The van der Waals surface area contributed by atoms with Gasteiger partial charge in [-0.2, -0.15) is 0 Å². The first kappa shape index (κ1) is 21.2. The molecule has 0 aliphatic carbocycles. The maximum Gasteiger partial charge on any atom is 0.222 e. The molecule has 27 heavy (non-hydrogen) atoms. The molecule has 146 valence electrons. The van der Waals surface area contributed by atoms with Crippen molar-refractivity contribution in [2.24, 2.45) is 4.99 Å². The number of halogens is 1. The van der Waals surface area contributed by atoms with Crippen LogP contribution >= 0.6 is 24.0 Å². The van der Waals surface area contributed by atoms with Crippen LogP contribution in [0.4, 0.5) is 0 Å². The Morgan fingerprint density at radius 1 is 1.37 bits per heavy atom. The van der Waals surface area contributed by atoms with Gasteiger partial charge in [-0.3, -0.25) is 9.79 Å². The Bertz CT molecular complexity index is 762. The smallest absolute Gasteiger partial charge is 0.222 e. The number of carbonyl (C=O) groups excluding carboxylic acids is 1. The normalized spacial score (nSPS) is 16.7. The molecule has 1 unspecified atom stereocenters. The monoisotopic (exact) mass is 483 g/mol. The lowest BCUT2D eigenvalue weighted by Crippen LogP contribution is -2.44. The zero-order valence-electron chi connectivity index (χ0n) is 15.6. The number of amides is 1. The fourth-order valence-corrected chi connectivity index (χ4v) is 3.03. The van der Waals surface area contributed by atoms with Gasteiger partial charge in [0.15, 0.2) is 11.7 Å². The summed E-state index contributed by atoms with van der Waals surface area (Å²) >= 11 is 0. The molecule has 8 heteroatoms. The van der Waals surface area contributed by atoms with Gasteiger partial charge in [0.2, 0.25) is 5.91 Å². The van der Waals surface area contributed by atoms with E-state index in [0.717, 1.165) is 30.0 Å². The van der Waals surface area contributed by atoms with Crippen molar-refractivity contribution in [2.75, 3.05) is 20.1 Å². The molecule has 1 saturated heterocycles. The third-order valence-electron chi connectivity index (χ3n) is 4.47. The van der Waals surface area contributed by atoms with E-state index in [1.807, 2.05) is 48.2 Å². The summed E-state index contributed by atoms with van der Waals surface area (Å²) in [5.74, 6) is 1.63. The van der Waals surface area contributed by atoms with Crippen molar-refractivity contribution in [3.05, 3.63) is 42.2 Å². The van der Waals surface area contributed by atoms with E-state index in [0.29, 0.717) is 25.5 Å². The van der Waals surface area contributed by atoms with E-state index < -0.39 is 0 Å². The average Bonchev–Trinajstić information content (AvgIpc) is 3.35. The zero-order valence-corrected chi connectivity index (χ0v) is 18.0. The van der Waals surface area contributed by atoms with Crippen LogP contribution < -0.4 is 10.6 Å². The Hall–Kier alpha value is -2.10. The number of aliphatic imine (C=N–C) groups is 1. The van der Waals surface area contributed by atoms with Gasteiger partial charge in [0.25, 0.3) is 0 Å². The van der Waals surface area contributed by atoms with Gasteiger partial charge < -0.3 is 20.1 Å². The first-order valence-electron chi connectivity index (χ1n) is 8.95. The molecular weight excluding hydrogens is 457 g/mol. The van der Waals surface area contributed by atoms with Gasteiger partial charge in [0.1, 0.15) is 5.69 Å². The van der Waals surface area contributed by atoms with E-state index in [4.69, 9.17) is 4.52 Å². The van der Waals surface area contributed by atoms with Crippen molar-refractivity contribution < 1.29 is 9.32 Å². The highest BCUT2D eigenvalue weighted by atomic mass is 127. The molecule has 1 aliphatic rings. The standard InChI is InChI=1S/C19H25N5O2.HI/c1-3-18(25)24-10-9-15(13-24)22-19(20-2)21-12-16-11-17(23-26-16)14-7-5-4-6-8-14;/h4-8,11,15H,3,9-10,12-13H2,1-2H3,(H2,20,21,22);1H. The summed E-state index contributed by atoms with van der Waals surface area (Å²) in [6.07, 6.45) is 1.47. The van der Waals surface area contributed by atoms with Crippen LogP contribution in [0.5, 0.6) is 0 Å². The van der Waals surface area contributed by atoms with Crippen LogP contribution in [0.25, 0.3) is 11.3 Å². The van der Waals surface area contributed by atoms with Gasteiger partial charge in [0.05, 0.1) is 6.54 Å². The minimum atomic E-state index is 0. The second kappa shape index (κ2) is 10.3. The molecule has 0 bridgehead atoms. The number of nitrogens with zero attached hydrogens (tertiary/aromatic N) is 3. The number of aromatic nitrogens is 1. The van der Waals surface area contributed by atoms with Crippen LogP contribution in [0, 0.1) is 0 Å². The first-order chi connectivity index (χ1) is 12.7. The van der Waals surface area contributed by atoms with Gasteiger partial charge in [0, 0.05) is 44.2 Å². The third kappa shape index (κ3) is 5.69. The van der Waals surface area contributed by atoms with Crippen molar-refractivity contribution in [1.29, 1.82) is 0 Å². The number of likely N-dealkylation sites (tertiary alicyclic amines) is 1. The molecule has 7 nitrogen and oxygen atoms in total. The lowest BCUT2D eigenvalue weighted by atomic mass is 10.1. The Labute approximate surface area is 176 Å². The van der Waals surface area contributed by atoms with E-state index in [1.54, 1.807) is 7.05 Å². The molecule has 0 spiro atoms. The number of hydrogen-bond donors (Lipinski definition) is 2. The Balaban J connectivity index is 0.00000261. The molecule has 1 fully saturated rings. The van der Waals surface area contributed by atoms with Gasteiger partial charge >= 0.3 is 0 Å². The van der Waals surface area contributed by atoms with Crippen molar-refractivity contribution in [3.8, 4) is 11.3 Å². The van der Waals surface area contributed by atoms with Crippen molar-refractivity contribution in [2.45, 2.75) is 32.4 Å². The lowest BCUT2D eigenvalue weighted by molar-refractivity contribution is -0.129. The molecule has 2 aromatic rings. The molecule has 0 saturated carbocycles. The lowest BCUT2D eigenvalue weighted by Gasteiger charge is -2.18. The molecule has 1 aromatic heterocycles. The quantitative estimate of drug-likeness (QED) is 0.388. The van der Waals surface area contributed by atoms with Crippen LogP contribution in [0.3, 0.4) is 0 Å². The summed E-state index contributed by atoms with van der Waals surface area (Å²) < 4.78 is 5.40. The van der Waals surface area contributed by atoms with Crippen LogP contribution in [0.1, 0.15) is 25.5 Å². The highest BCUT2D eigenvalue weighted by molar-refractivity contribution is 14.0. The molecule has 3 rings (SSSR count). The molecule has 1 amide bonds. The van der Waals surface area contributed by atoms with Crippen molar-refractivity contribution in [3.63, 3.8) is 0 Å². The molecule has 2 heterocycles. The van der Waals surface area contributed by atoms with Gasteiger partial charge in [-0.15, -0.1) is 24.0 Å². The number of hydrogen-bond acceptors (Lipinski definition) is 4. The van der Waals surface area contributed by atoms with Gasteiger partial charge in [-0.1, -0.05) is 42.4 Å². The number of carbonyl (C=O) groups is 1. The second-order valence-electron chi connectivity index (χ2n) is 6.29. The molecule has 1 atom stereocenters. The average molecular weight is 483 g/mol. The zero-order chi connectivity index (χ0) is 18.4. The Morgan fingerprint density at radius 2 is 2.15 bits per heavy atom. The topological polar surface area (TPSA) is 82.8 Å². The second-order valence-corrected chi connectivity index (χ2v) is 6.29. The highest BCUT2D eigenvalue weighted by Crippen LogP contribution is 2.18. The maximum absolute atomic E-state index is 11.8. The van der Waals surface area contributed by atoms with Crippen LogP contribution in [-0.4, -0.2) is 48.1 Å². The SMILES string of the molecule is CCC(=O)N1CCC(NC(=NC)NCc2cc(-c3ccccc3)no2)C1.I. The largest absolute Gasteiger partial charge is 0.359 e. The van der Waals surface area contributed by atoms with E-state index in [-0.39, 0.29) is 35.9 Å². The van der Waals surface area contributed by atoms with E-state index in [2.05, 4.69) is 20.8 Å². The van der Waals surface area contributed by atoms with Gasteiger partial charge in [-0.05, 0) is 6.42 Å². The molecule has 2 N–H and O–H groups in total. The molecule has 1 aromatic carbocycles. The summed E-state index contributed by atoms with van der Waals surface area (Å²) in [5.41, 5.74) is 1.84. The Kier molecular flexibility index (Phi) is 8.08. The summed E-state index contributed by atoms with van der Waals surface area (Å²) in [6, 6.07) is 12.1. The maximum atomic E-state index is 11.8. The summed E-state index contributed by atoms with van der Waals surface area (Å²) in [7, 11) is 1.73. The summed E-state index contributed by atoms with van der Waals surface area (Å²) in [5, 5.41) is 10.7. The van der Waals surface area contributed by atoms with E-state index in [9.17, 15) is 4.79 Å². The van der Waals surface area contributed by atoms with Gasteiger partial charge in [-0.25, -0.2) is 0 Å². The fraction of sp³-hybridized carbons (Fsp3) is 0.421. The predicted molar refractivity (Wildman–Crippen MR) is 116 cm³/mol. The molecule has 1 aliphatic heterocycles. The van der Waals surface area contributed by atoms with Crippen LogP contribution in [0.15, 0.2) is 45.9 Å². The first-order valence-corrected chi connectivity index (χ1v) is 8.95. The van der Waals surface area contributed by atoms with Crippen molar-refractivity contribution >= 4 is 35.8 Å². The van der Waals surface area contributed by atoms with Crippen LogP contribution in [-0.2, 0) is 11.3 Å². The number of rotatable bonds is 5. The summed E-state index contributed by atoms with van der Waals surface area (Å²) in [4.78, 5) is 17.9. The predicted octanol–water partition coefficient (Wildman–Crippen LogP) is 2.64. The number of nitrogens with one attached hydrogen (secondary N) is 2. The summed E-state index contributed by atoms with van der Waals surface area (Å²) in [6.45, 7) is 3.90. The van der Waals surface area contributed by atoms with E-state index in [1.165, 1.54) is 0 Å². The van der Waals surface area contributed by atoms with Crippen LogP contribution in [0.2, 0.25) is 0 Å². The minimum Gasteiger partial charge on any atom is -0.359 e. The Morgan fingerprint density at radius 3 is 2.85 bits per heavy atom. The number of benzene rings is 1. The van der Waals surface area contributed by atoms with E-state index >= 15 is 0 Å². The molecule has 0 radical (unpaired) electrons. The highest BCUT2D eigenvalue weighted by Gasteiger charge is 2.25. The third-order valence-corrected chi connectivity index (χ3v) is 4.47. The number of guanidine groups is 1.